The lowest BCUT2D eigenvalue weighted by atomic mass is 10.1. The van der Waals surface area contributed by atoms with Crippen LogP contribution in [0.5, 0.6) is 23.0 Å². The number of hydrogen-bond acceptors (Lipinski definition) is 18. The summed E-state index contributed by atoms with van der Waals surface area (Å²) in [6.07, 6.45) is 8.47. The molecule has 6 heterocycles. The topological polar surface area (TPSA) is 237 Å². The second-order valence-corrected chi connectivity index (χ2v) is 22.4. The van der Waals surface area contributed by atoms with Gasteiger partial charge in [0.15, 0.2) is 43.0 Å². The molecule has 6 atom stereocenters. The number of sulfone groups is 2. The maximum absolute atomic E-state index is 13.5. The minimum atomic E-state index is -3.71. The molecule has 0 spiro atoms. The average Bonchev–Trinajstić information content (AvgIpc) is 4.22. The van der Waals surface area contributed by atoms with Crippen LogP contribution in [0.2, 0.25) is 10.0 Å². The Morgan fingerprint density at radius 1 is 0.571 bits per heavy atom. The number of ether oxygens (including phenoxy) is 6. The Balaban J connectivity index is 0.000000206. The zero-order chi connectivity index (χ0) is 50.3. The molecule has 2 saturated heterocycles. The number of nitrogens with zero attached hydrogens (tertiary/aromatic N) is 10. The van der Waals surface area contributed by atoms with E-state index in [1.165, 1.54) is 24.8 Å². The van der Waals surface area contributed by atoms with Crippen LogP contribution in [0.4, 0.5) is 0 Å². The predicted molar refractivity (Wildman–Crippen MR) is 260 cm³/mol. The van der Waals surface area contributed by atoms with Crippen molar-refractivity contribution in [3.63, 3.8) is 0 Å². The highest BCUT2D eigenvalue weighted by Gasteiger charge is 2.37. The zero-order valence-corrected chi connectivity index (χ0v) is 43.2. The molecule has 24 heteroatoms. The monoisotopic (exact) mass is 1040 g/mol. The Kier molecular flexibility index (Phi) is 17.0. The Morgan fingerprint density at radius 2 is 0.900 bits per heavy atom. The van der Waals surface area contributed by atoms with Crippen molar-refractivity contribution in [2.75, 3.05) is 41.7 Å². The van der Waals surface area contributed by atoms with Crippen LogP contribution in [0.1, 0.15) is 112 Å². The summed E-state index contributed by atoms with van der Waals surface area (Å²) < 4.78 is 91.7. The van der Waals surface area contributed by atoms with E-state index >= 15 is 0 Å². The van der Waals surface area contributed by atoms with Crippen molar-refractivity contribution in [1.82, 2.24) is 49.5 Å². The zero-order valence-electron chi connectivity index (χ0n) is 40.0. The second-order valence-electron chi connectivity index (χ2n) is 16.8. The summed E-state index contributed by atoms with van der Waals surface area (Å²) in [6, 6.07) is 10.7. The van der Waals surface area contributed by atoms with E-state index in [-0.39, 0.29) is 35.4 Å². The van der Waals surface area contributed by atoms with Crippen molar-refractivity contribution in [2.45, 2.75) is 99.4 Å². The maximum atomic E-state index is 13.5. The molecule has 70 heavy (non-hydrogen) atoms. The molecule has 0 saturated carbocycles. The van der Waals surface area contributed by atoms with Gasteiger partial charge in [0, 0.05) is 49.8 Å². The molecule has 0 radical (unpaired) electrons. The van der Waals surface area contributed by atoms with E-state index in [2.05, 4.69) is 40.3 Å². The van der Waals surface area contributed by atoms with Crippen LogP contribution in [0.3, 0.4) is 0 Å². The van der Waals surface area contributed by atoms with Gasteiger partial charge in [-0.25, -0.2) is 36.8 Å². The van der Waals surface area contributed by atoms with Gasteiger partial charge in [0.05, 0.1) is 49.0 Å². The van der Waals surface area contributed by atoms with E-state index in [0.717, 1.165) is 25.7 Å². The number of halogens is 2. The summed E-state index contributed by atoms with van der Waals surface area (Å²) in [5, 5.41) is 16.5. The highest BCUT2D eigenvalue weighted by Crippen LogP contribution is 2.40. The minimum absolute atomic E-state index is 0.245. The van der Waals surface area contributed by atoms with Crippen LogP contribution in [0, 0.1) is 0 Å². The van der Waals surface area contributed by atoms with Gasteiger partial charge in [-0.3, -0.25) is 9.13 Å². The largest absolute Gasteiger partial charge is 0.494 e. The molecule has 2 fully saturated rings. The maximum Gasteiger partial charge on any atom is 0.167 e. The Labute approximate surface area is 417 Å². The van der Waals surface area contributed by atoms with E-state index in [9.17, 15) is 16.8 Å². The fourth-order valence-electron chi connectivity index (χ4n) is 8.20. The molecule has 0 aliphatic carbocycles. The average molecular weight is 1040 g/mol. The Morgan fingerprint density at radius 3 is 1.19 bits per heavy atom. The SMILES string of the molecule is COc1cccc(OC)c1-n1c(CS(=O)(=O)[C@@H](C)[C@H](C)c2ncc(Cl)cn2)nnc1[C@@H]1CCCO1.COc1cccc(OC)c1-n1c(CS(=O)(=O)[C@@H](C)[C@H](C)c2ncc(Cl)cn2)nnc1[C@H]1CCCO1. The molecule has 6 aromatic rings. The lowest BCUT2D eigenvalue weighted by molar-refractivity contribution is 0.103. The fourth-order valence-corrected chi connectivity index (χ4v) is 11.5. The van der Waals surface area contributed by atoms with Crippen LogP contribution in [0.25, 0.3) is 11.4 Å². The van der Waals surface area contributed by atoms with Gasteiger partial charge in [-0.2, -0.15) is 0 Å². The third kappa shape index (κ3) is 11.3. The summed E-state index contributed by atoms with van der Waals surface area (Å²) in [4.78, 5) is 16.8. The van der Waals surface area contributed by atoms with Gasteiger partial charge >= 0.3 is 0 Å². The lowest BCUT2D eigenvalue weighted by Gasteiger charge is -2.21. The summed E-state index contributed by atoms with van der Waals surface area (Å²) in [6.45, 7) is 8.04. The Hall–Kier alpha value is -5.52. The predicted octanol–water partition coefficient (Wildman–Crippen LogP) is 7.37. The number of methoxy groups -OCH3 is 4. The molecule has 8 rings (SSSR count). The van der Waals surface area contributed by atoms with E-state index in [4.69, 9.17) is 51.6 Å². The van der Waals surface area contributed by atoms with Crippen molar-refractivity contribution in [3.8, 4) is 34.4 Å². The molecule has 20 nitrogen and oxygen atoms in total. The molecule has 0 amide bonds. The highest BCUT2D eigenvalue weighted by atomic mass is 35.5. The third-order valence-corrected chi connectivity index (χ3v) is 17.3. The first kappa shape index (κ1) is 52.3. The first-order chi connectivity index (χ1) is 33.5. The van der Waals surface area contributed by atoms with Crippen molar-refractivity contribution in [3.05, 3.63) is 106 Å². The van der Waals surface area contributed by atoms with Gasteiger partial charge in [0.1, 0.15) is 69.7 Å². The first-order valence-electron chi connectivity index (χ1n) is 22.5. The molecule has 0 unspecified atom stereocenters. The van der Waals surface area contributed by atoms with Gasteiger partial charge < -0.3 is 28.4 Å². The van der Waals surface area contributed by atoms with Crippen LogP contribution in [-0.4, -0.2) is 118 Å². The standard InChI is InChI=1S/2C23H28ClN5O5S/c2*1-14(22-25-11-16(24)12-26-22)15(2)35(30,31)13-20-27-28-23(19-9-6-10-34-19)29(20)21-17(32-3)7-5-8-18(21)33-4/h2*5,7-8,11-12,14-15,19H,6,9-10,13H2,1-4H3/t14-,15-,19+;14-,15-,19-/m00/s1. The molecular weight excluding hydrogens is 988 g/mol. The number of para-hydroxylation sites is 2. The molecular formula is C46H56Cl2N10O10S2. The highest BCUT2D eigenvalue weighted by molar-refractivity contribution is 7.91. The van der Waals surface area contributed by atoms with Gasteiger partial charge in [-0.05, 0) is 63.8 Å². The summed E-state index contributed by atoms with van der Waals surface area (Å²) in [5.74, 6) is 2.67. The quantitative estimate of drug-likeness (QED) is 0.0816. The molecule has 4 aromatic heterocycles. The van der Waals surface area contributed by atoms with E-state index in [1.807, 2.05) is 0 Å². The molecule has 2 aliphatic heterocycles. The summed E-state index contributed by atoms with van der Waals surface area (Å²) in [7, 11) is -1.25. The van der Waals surface area contributed by atoms with Crippen LogP contribution in [0.15, 0.2) is 61.2 Å². The second kappa shape index (κ2) is 22.7. The van der Waals surface area contributed by atoms with E-state index in [0.29, 0.717) is 80.9 Å². The van der Waals surface area contributed by atoms with Gasteiger partial charge in [-0.1, -0.05) is 49.2 Å². The third-order valence-electron chi connectivity index (χ3n) is 12.5. The molecule has 0 bridgehead atoms. The van der Waals surface area contributed by atoms with E-state index < -0.39 is 42.0 Å². The number of benzene rings is 2. The van der Waals surface area contributed by atoms with Crippen molar-refractivity contribution in [2.24, 2.45) is 0 Å². The van der Waals surface area contributed by atoms with Gasteiger partial charge in [0.25, 0.3) is 0 Å². The van der Waals surface area contributed by atoms with Crippen LogP contribution < -0.4 is 18.9 Å². The molecule has 0 N–H and O–H groups in total. The van der Waals surface area contributed by atoms with Crippen molar-refractivity contribution in [1.29, 1.82) is 0 Å². The lowest BCUT2D eigenvalue weighted by Crippen LogP contribution is -2.27. The van der Waals surface area contributed by atoms with Crippen molar-refractivity contribution >= 4 is 42.9 Å². The smallest absolute Gasteiger partial charge is 0.167 e. The van der Waals surface area contributed by atoms with Crippen LogP contribution >= 0.6 is 23.2 Å². The molecule has 376 valence electrons. The summed E-state index contributed by atoms with van der Waals surface area (Å²) in [5.41, 5.74) is 1.06. The fraction of sp³-hybridized carbons (Fsp3) is 0.478. The van der Waals surface area contributed by atoms with Crippen LogP contribution in [-0.2, 0) is 40.7 Å². The molecule has 2 aromatic carbocycles. The Bertz CT molecular complexity index is 2710. The molecule has 2 aliphatic rings. The number of hydrogen-bond donors (Lipinski definition) is 0. The first-order valence-corrected chi connectivity index (χ1v) is 26.6. The van der Waals surface area contributed by atoms with Gasteiger partial charge in [0.2, 0.25) is 0 Å². The van der Waals surface area contributed by atoms with E-state index in [1.54, 1.807) is 102 Å². The number of rotatable bonds is 18. The summed E-state index contributed by atoms with van der Waals surface area (Å²) >= 11 is 11.8. The van der Waals surface area contributed by atoms with Crippen molar-refractivity contribution < 1.29 is 45.3 Å². The minimum Gasteiger partial charge on any atom is -0.494 e. The number of aromatic nitrogens is 10. The normalized spacial score (nSPS) is 17.8. The van der Waals surface area contributed by atoms with Gasteiger partial charge in [-0.15, -0.1) is 20.4 Å².